The van der Waals surface area contributed by atoms with E-state index in [4.69, 9.17) is 9.68 Å². The van der Waals surface area contributed by atoms with E-state index in [2.05, 4.69) is 41.1 Å². The molecule has 0 spiro atoms. The van der Waals surface area contributed by atoms with Crippen LogP contribution in [0, 0.1) is 11.3 Å². The van der Waals surface area contributed by atoms with Crippen molar-refractivity contribution in [2.45, 2.75) is 32.2 Å². The highest BCUT2D eigenvalue weighted by molar-refractivity contribution is 5.83. The third-order valence-corrected chi connectivity index (χ3v) is 5.11. The van der Waals surface area contributed by atoms with Crippen LogP contribution in [0.1, 0.15) is 31.1 Å². The lowest BCUT2D eigenvalue weighted by Crippen LogP contribution is -2.28. The molecule has 25 heavy (non-hydrogen) atoms. The molecule has 0 aliphatic carbocycles. The maximum absolute atomic E-state index is 9.04. The minimum absolute atomic E-state index is 0.567. The predicted octanol–water partition coefficient (Wildman–Crippen LogP) is 4.39. The Morgan fingerprint density at radius 1 is 1.24 bits per heavy atom. The van der Waals surface area contributed by atoms with Crippen LogP contribution in [0.3, 0.4) is 0 Å². The Morgan fingerprint density at radius 2 is 2.16 bits per heavy atom. The molecule has 4 rings (SSSR count). The summed E-state index contributed by atoms with van der Waals surface area (Å²) in [5, 5.41) is 10.2. The maximum Gasteiger partial charge on any atom is 0.134 e. The van der Waals surface area contributed by atoms with Crippen LogP contribution in [0.2, 0.25) is 0 Å². The first-order valence-electron chi connectivity index (χ1n) is 8.85. The van der Waals surface area contributed by atoms with Gasteiger partial charge in [-0.2, -0.15) is 5.26 Å². The molecule has 0 saturated carbocycles. The molecule has 4 nitrogen and oxygen atoms in total. The lowest BCUT2D eigenvalue weighted by molar-refractivity contribution is 0.266. The summed E-state index contributed by atoms with van der Waals surface area (Å²) in [5.41, 5.74) is 3.41. The summed E-state index contributed by atoms with van der Waals surface area (Å²) in [6.07, 6.45) is 6.91. The SMILES string of the molecule is CC1CCCN1CCc1cc2ccc(-c3cncc(C#N)c3)cc2o1. The quantitative estimate of drug-likeness (QED) is 0.711. The first-order chi connectivity index (χ1) is 12.2. The molecule has 1 saturated heterocycles. The molecule has 0 radical (unpaired) electrons. The van der Waals surface area contributed by atoms with Gasteiger partial charge in [-0.15, -0.1) is 0 Å². The van der Waals surface area contributed by atoms with Gasteiger partial charge in [-0.25, -0.2) is 0 Å². The van der Waals surface area contributed by atoms with E-state index < -0.39 is 0 Å². The molecule has 1 atom stereocenters. The summed E-state index contributed by atoms with van der Waals surface area (Å²) in [6, 6.07) is 13.0. The Hall–Kier alpha value is -2.64. The van der Waals surface area contributed by atoms with Gasteiger partial charge in [0.15, 0.2) is 0 Å². The van der Waals surface area contributed by atoms with Gasteiger partial charge in [-0.3, -0.25) is 4.98 Å². The van der Waals surface area contributed by atoms with Gasteiger partial charge < -0.3 is 9.32 Å². The van der Waals surface area contributed by atoms with E-state index >= 15 is 0 Å². The monoisotopic (exact) mass is 331 g/mol. The standard InChI is InChI=1S/C21H21N3O/c1-15-3-2-7-24(15)8-6-20-10-18-5-4-17(11-21(18)25-20)19-9-16(12-22)13-23-14-19/h4-5,9-11,13-15H,2-3,6-8H2,1H3. The molecule has 4 heteroatoms. The van der Waals surface area contributed by atoms with Crippen molar-refractivity contribution in [2.75, 3.05) is 13.1 Å². The largest absolute Gasteiger partial charge is 0.461 e. The molecule has 1 aliphatic rings. The number of hydrogen-bond donors (Lipinski definition) is 0. The van der Waals surface area contributed by atoms with E-state index in [1.807, 2.05) is 12.1 Å². The zero-order valence-corrected chi connectivity index (χ0v) is 14.4. The van der Waals surface area contributed by atoms with Crippen LogP contribution in [0.25, 0.3) is 22.1 Å². The van der Waals surface area contributed by atoms with E-state index in [9.17, 15) is 0 Å². The molecule has 1 aliphatic heterocycles. The van der Waals surface area contributed by atoms with Gasteiger partial charge in [0, 0.05) is 42.4 Å². The number of likely N-dealkylation sites (tertiary alicyclic amines) is 1. The van der Waals surface area contributed by atoms with Gasteiger partial charge in [0.25, 0.3) is 0 Å². The summed E-state index contributed by atoms with van der Waals surface area (Å²) < 4.78 is 6.07. The average molecular weight is 331 g/mol. The Labute approximate surface area is 147 Å². The number of rotatable bonds is 4. The zero-order chi connectivity index (χ0) is 17.2. The molecule has 0 bridgehead atoms. The number of nitriles is 1. The Morgan fingerprint density at radius 3 is 2.96 bits per heavy atom. The molecular weight excluding hydrogens is 310 g/mol. The fraction of sp³-hybridized carbons (Fsp3) is 0.333. The highest BCUT2D eigenvalue weighted by atomic mass is 16.3. The lowest BCUT2D eigenvalue weighted by atomic mass is 10.1. The molecular formula is C21H21N3O. The first-order valence-corrected chi connectivity index (χ1v) is 8.85. The van der Waals surface area contributed by atoms with Gasteiger partial charge in [-0.05, 0) is 50.1 Å². The number of fused-ring (bicyclic) bond motifs is 1. The van der Waals surface area contributed by atoms with Gasteiger partial charge in [0.2, 0.25) is 0 Å². The van der Waals surface area contributed by atoms with Gasteiger partial charge in [0.1, 0.15) is 17.4 Å². The topological polar surface area (TPSA) is 53.1 Å². The van der Waals surface area contributed by atoms with Crippen LogP contribution in [-0.2, 0) is 6.42 Å². The van der Waals surface area contributed by atoms with Crippen molar-refractivity contribution in [3.05, 3.63) is 54.0 Å². The zero-order valence-electron chi connectivity index (χ0n) is 14.4. The van der Waals surface area contributed by atoms with Crippen LogP contribution >= 0.6 is 0 Å². The molecule has 0 N–H and O–H groups in total. The van der Waals surface area contributed by atoms with Gasteiger partial charge in [-0.1, -0.05) is 12.1 Å². The van der Waals surface area contributed by atoms with E-state index in [1.165, 1.54) is 19.4 Å². The number of aromatic nitrogens is 1. The minimum atomic E-state index is 0.567. The van der Waals surface area contributed by atoms with E-state index in [-0.39, 0.29) is 0 Å². The summed E-state index contributed by atoms with van der Waals surface area (Å²) in [6.45, 7) is 4.57. The first kappa shape index (κ1) is 15.9. The predicted molar refractivity (Wildman–Crippen MR) is 98.1 cm³/mol. The third kappa shape index (κ3) is 3.29. The molecule has 2 aromatic heterocycles. The van der Waals surface area contributed by atoms with Gasteiger partial charge in [0.05, 0.1) is 5.56 Å². The molecule has 3 heterocycles. The second-order valence-corrected chi connectivity index (χ2v) is 6.82. The second-order valence-electron chi connectivity index (χ2n) is 6.82. The van der Waals surface area contributed by atoms with Crippen LogP contribution in [0.15, 0.2) is 47.1 Å². The highest BCUT2D eigenvalue weighted by Crippen LogP contribution is 2.27. The summed E-state index contributed by atoms with van der Waals surface area (Å²) in [5.74, 6) is 1.04. The number of benzene rings is 1. The van der Waals surface area contributed by atoms with Crippen molar-refractivity contribution >= 4 is 11.0 Å². The van der Waals surface area contributed by atoms with E-state index in [0.29, 0.717) is 11.6 Å². The summed E-state index contributed by atoms with van der Waals surface area (Å²) >= 11 is 0. The van der Waals surface area contributed by atoms with Crippen molar-refractivity contribution < 1.29 is 4.42 Å². The van der Waals surface area contributed by atoms with E-state index in [1.54, 1.807) is 12.4 Å². The minimum Gasteiger partial charge on any atom is -0.461 e. The average Bonchev–Trinajstić information content (AvgIpc) is 3.24. The van der Waals surface area contributed by atoms with Crippen LogP contribution in [0.4, 0.5) is 0 Å². The molecule has 1 unspecified atom stereocenters. The Balaban J connectivity index is 1.55. The fourth-order valence-electron chi connectivity index (χ4n) is 3.63. The number of hydrogen-bond acceptors (Lipinski definition) is 4. The molecule has 3 aromatic rings. The van der Waals surface area contributed by atoms with Crippen molar-refractivity contribution in [1.29, 1.82) is 5.26 Å². The number of pyridine rings is 1. The molecule has 1 fully saturated rings. The summed E-state index contributed by atoms with van der Waals surface area (Å²) in [4.78, 5) is 6.68. The van der Waals surface area contributed by atoms with Crippen molar-refractivity contribution in [2.24, 2.45) is 0 Å². The number of furan rings is 1. The highest BCUT2D eigenvalue weighted by Gasteiger charge is 2.20. The van der Waals surface area contributed by atoms with Crippen molar-refractivity contribution in [3.8, 4) is 17.2 Å². The number of nitrogens with zero attached hydrogens (tertiary/aromatic N) is 3. The van der Waals surface area contributed by atoms with Crippen LogP contribution in [0.5, 0.6) is 0 Å². The second kappa shape index (κ2) is 6.70. The molecule has 1 aromatic carbocycles. The Bertz CT molecular complexity index is 938. The van der Waals surface area contributed by atoms with Crippen molar-refractivity contribution in [1.82, 2.24) is 9.88 Å². The summed E-state index contributed by atoms with van der Waals surface area (Å²) in [7, 11) is 0. The fourth-order valence-corrected chi connectivity index (χ4v) is 3.63. The van der Waals surface area contributed by atoms with Crippen molar-refractivity contribution in [3.63, 3.8) is 0 Å². The van der Waals surface area contributed by atoms with Gasteiger partial charge >= 0.3 is 0 Å². The smallest absolute Gasteiger partial charge is 0.134 e. The normalized spacial score (nSPS) is 17.8. The van der Waals surface area contributed by atoms with E-state index in [0.717, 1.165) is 40.8 Å². The van der Waals surface area contributed by atoms with Crippen LogP contribution in [-0.4, -0.2) is 29.0 Å². The third-order valence-electron chi connectivity index (χ3n) is 5.11. The Kier molecular flexibility index (Phi) is 4.25. The lowest BCUT2D eigenvalue weighted by Gasteiger charge is -2.19. The molecule has 126 valence electrons. The maximum atomic E-state index is 9.04. The molecule has 0 amide bonds. The van der Waals surface area contributed by atoms with Crippen LogP contribution < -0.4 is 0 Å².